The van der Waals surface area contributed by atoms with Crippen LogP contribution in [0.25, 0.3) is 5.57 Å². The van der Waals surface area contributed by atoms with Crippen molar-refractivity contribution < 1.29 is 5.11 Å². The van der Waals surface area contributed by atoms with E-state index in [-0.39, 0.29) is 12.0 Å². The highest BCUT2D eigenvalue weighted by atomic mass is 16.3. The second-order valence-corrected chi connectivity index (χ2v) is 10.2. The smallest absolute Gasteiger partial charge is 0.0522 e. The van der Waals surface area contributed by atoms with Gasteiger partial charge < -0.3 is 10.0 Å². The Balaban J connectivity index is 1.29. The fourth-order valence-electron chi connectivity index (χ4n) is 4.96. The molecule has 178 valence electrons. The van der Waals surface area contributed by atoms with E-state index in [1.54, 1.807) is 5.57 Å². The zero-order chi connectivity index (χ0) is 23.8. The number of rotatable bonds is 9. The second kappa shape index (κ2) is 11.6. The molecular formula is C32H39NO. The van der Waals surface area contributed by atoms with Gasteiger partial charge in [0.1, 0.15) is 0 Å². The number of aliphatic hydroxyl groups is 1. The van der Waals surface area contributed by atoms with Gasteiger partial charge in [-0.25, -0.2) is 0 Å². The molecule has 0 unspecified atom stereocenters. The van der Waals surface area contributed by atoms with E-state index in [1.807, 2.05) is 0 Å². The minimum Gasteiger partial charge on any atom is -0.395 e. The van der Waals surface area contributed by atoms with Crippen LogP contribution in [-0.4, -0.2) is 36.2 Å². The number of aliphatic hydroxyl groups excluding tert-OH is 1. The summed E-state index contributed by atoms with van der Waals surface area (Å²) < 4.78 is 0. The monoisotopic (exact) mass is 453 g/mol. The molecule has 2 heteroatoms. The van der Waals surface area contributed by atoms with Crippen LogP contribution in [0.1, 0.15) is 61.8 Å². The predicted octanol–water partition coefficient (Wildman–Crippen LogP) is 6.88. The van der Waals surface area contributed by atoms with Crippen molar-refractivity contribution in [1.82, 2.24) is 4.90 Å². The Morgan fingerprint density at radius 1 is 0.765 bits per heavy atom. The Morgan fingerprint density at radius 3 is 1.85 bits per heavy atom. The minimum absolute atomic E-state index is 0.166. The maximum atomic E-state index is 9.57. The van der Waals surface area contributed by atoms with Crippen molar-refractivity contribution in [2.75, 3.05) is 26.2 Å². The summed E-state index contributed by atoms with van der Waals surface area (Å²) in [6.07, 6.45) is 5.90. The zero-order valence-corrected chi connectivity index (χ0v) is 20.8. The molecule has 0 saturated carbocycles. The Kier molecular flexibility index (Phi) is 8.37. The Labute approximate surface area is 206 Å². The Bertz CT molecular complexity index is 1000. The lowest BCUT2D eigenvalue weighted by Gasteiger charge is -2.30. The first-order chi connectivity index (χ1) is 16.6. The first kappa shape index (κ1) is 24.4. The molecule has 3 aromatic carbocycles. The van der Waals surface area contributed by atoms with Crippen LogP contribution >= 0.6 is 0 Å². The number of aryl methyl sites for hydroxylation is 1. The molecule has 0 spiro atoms. The van der Waals surface area contributed by atoms with Crippen LogP contribution in [0, 0.1) is 0 Å². The number of likely N-dealkylation sites (tertiary alicyclic amines) is 1. The van der Waals surface area contributed by atoms with Crippen molar-refractivity contribution in [3.05, 3.63) is 113 Å². The molecule has 1 aliphatic rings. The predicted molar refractivity (Wildman–Crippen MR) is 144 cm³/mol. The first-order valence-corrected chi connectivity index (χ1v) is 12.8. The van der Waals surface area contributed by atoms with Crippen molar-refractivity contribution in [1.29, 1.82) is 0 Å². The summed E-state index contributed by atoms with van der Waals surface area (Å²) in [5.74, 6) is 0. The summed E-state index contributed by atoms with van der Waals surface area (Å²) in [6.45, 7) is 7.85. The van der Waals surface area contributed by atoms with E-state index in [2.05, 4.69) is 104 Å². The lowest BCUT2D eigenvalue weighted by atomic mass is 9.85. The molecule has 0 aliphatic carbocycles. The lowest BCUT2D eigenvalue weighted by molar-refractivity contribution is 0.218. The number of nitrogens with zero attached hydrogens (tertiary/aromatic N) is 1. The van der Waals surface area contributed by atoms with Gasteiger partial charge in [-0.15, -0.1) is 0 Å². The number of piperidine rings is 1. The van der Waals surface area contributed by atoms with E-state index < -0.39 is 0 Å². The van der Waals surface area contributed by atoms with Crippen LogP contribution in [-0.2, 0) is 11.8 Å². The number of hydrogen-bond acceptors (Lipinski definition) is 2. The van der Waals surface area contributed by atoms with Crippen LogP contribution in [0.5, 0.6) is 0 Å². The van der Waals surface area contributed by atoms with E-state index >= 15 is 0 Å². The first-order valence-electron chi connectivity index (χ1n) is 12.8. The third-order valence-electron chi connectivity index (χ3n) is 7.26. The molecule has 2 nitrogen and oxygen atoms in total. The average Bonchev–Trinajstić information content (AvgIpc) is 2.89. The van der Waals surface area contributed by atoms with Gasteiger partial charge in [-0.3, -0.25) is 0 Å². The Hall–Kier alpha value is -2.68. The molecule has 1 N–H and O–H groups in total. The third-order valence-corrected chi connectivity index (χ3v) is 7.26. The Morgan fingerprint density at radius 2 is 1.32 bits per heavy atom. The third kappa shape index (κ3) is 6.25. The largest absolute Gasteiger partial charge is 0.395 e. The van der Waals surface area contributed by atoms with Gasteiger partial charge in [-0.1, -0.05) is 104 Å². The summed E-state index contributed by atoms with van der Waals surface area (Å²) in [5.41, 5.74) is 8.16. The fourth-order valence-corrected chi connectivity index (χ4v) is 4.96. The standard InChI is InChI=1S/C32H39NO/c1-32(2,25-34)30-18-16-26(17-19-30)11-9-10-22-33-23-20-29(21-24-33)31(27-12-5-3-6-13-27)28-14-7-4-8-15-28/h3-8,12-19,34H,9-11,20-25H2,1-2H3. The maximum absolute atomic E-state index is 9.57. The average molecular weight is 454 g/mol. The molecule has 4 rings (SSSR count). The zero-order valence-electron chi connectivity index (χ0n) is 20.8. The highest BCUT2D eigenvalue weighted by Crippen LogP contribution is 2.32. The topological polar surface area (TPSA) is 23.5 Å². The van der Waals surface area contributed by atoms with Crippen LogP contribution in [0.3, 0.4) is 0 Å². The van der Waals surface area contributed by atoms with Gasteiger partial charge in [-0.2, -0.15) is 0 Å². The molecule has 1 saturated heterocycles. The van der Waals surface area contributed by atoms with Gasteiger partial charge in [-0.05, 0) is 66.5 Å². The van der Waals surface area contributed by atoms with Crippen LogP contribution in [0.4, 0.5) is 0 Å². The SMILES string of the molecule is CC(C)(CO)c1ccc(CCCCN2CCC(=C(c3ccccc3)c3ccccc3)CC2)cc1. The molecular weight excluding hydrogens is 414 g/mol. The molecule has 1 heterocycles. The van der Waals surface area contributed by atoms with Gasteiger partial charge in [0.05, 0.1) is 6.61 Å². The van der Waals surface area contributed by atoms with Gasteiger partial charge >= 0.3 is 0 Å². The second-order valence-electron chi connectivity index (χ2n) is 10.2. The highest BCUT2D eigenvalue weighted by Gasteiger charge is 2.20. The summed E-state index contributed by atoms with van der Waals surface area (Å²) in [6, 6.07) is 30.6. The van der Waals surface area contributed by atoms with Crippen molar-refractivity contribution >= 4 is 5.57 Å². The normalized spacial score (nSPS) is 14.9. The fraction of sp³-hybridized carbons (Fsp3) is 0.375. The van der Waals surface area contributed by atoms with E-state index in [4.69, 9.17) is 0 Å². The molecule has 0 amide bonds. The molecule has 1 fully saturated rings. The summed E-state index contributed by atoms with van der Waals surface area (Å²) in [4.78, 5) is 2.64. The van der Waals surface area contributed by atoms with Gasteiger partial charge in [0, 0.05) is 18.5 Å². The van der Waals surface area contributed by atoms with E-state index in [0.29, 0.717) is 0 Å². The number of unbranched alkanes of at least 4 members (excludes halogenated alkanes) is 1. The van der Waals surface area contributed by atoms with Gasteiger partial charge in [0.25, 0.3) is 0 Å². The van der Waals surface area contributed by atoms with E-state index in [0.717, 1.165) is 32.4 Å². The van der Waals surface area contributed by atoms with Crippen molar-refractivity contribution in [3.8, 4) is 0 Å². The van der Waals surface area contributed by atoms with Crippen molar-refractivity contribution in [2.24, 2.45) is 0 Å². The molecule has 0 aromatic heterocycles. The molecule has 0 bridgehead atoms. The summed E-state index contributed by atoms with van der Waals surface area (Å²) >= 11 is 0. The minimum atomic E-state index is -0.166. The van der Waals surface area contributed by atoms with E-state index in [9.17, 15) is 5.11 Å². The molecule has 1 aliphatic heterocycles. The number of benzene rings is 3. The highest BCUT2D eigenvalue weighted by molar-refractivity contribution is 5.82. The van der Waals surface area contributed by atoms with Crippen LogP contribution in [0.2, 0.25) is 0 Å². The lowest BCUT2D eigenvalue weighted by Crippen LogP contribution is -2.32. The van der Waals surface area contributed by atoms with Crippen LogP contribution < -0.4 is 0 Å². The molecule has 34 heavy (non-hydrogen) atoms. The van der Waals surface area contributed by atoms with Gasteiger partial charge in [0.2, 0.25) is 0 Å². The van der Waals surface area contributed by atoms with Crippen molar-refractivity contribution in [3.63, 3.8) is 0 Å². The van der Waals surface area contributed by atoms with E-state index in [1.165, 1.54) is 47.2 Å². The molecule has 0 atom stereocenters. The van der Waals surface area contributed by atoms with Gasteiger partial charge in [0.15, 0.2) is 0 Å². The molecule has 3 aromatic rings. The maximum Gasteiger partial charge on any atom is 0.0522 e. The summed E-state index contributed by atoms with van der Waals surface area (Å²) in [7, 11) is 0. The summed E-state index contributed by atoms with van der Waals surface area (Å²) in [5, 5.41) is 9.57. The van der Waals surface area contributed by atoms with Crippen LogP contribution in [0.15, 0.2) is 90.5 Å². The van der Waals surface area contributed by atoms with Crippen molar-refractivity contribution in [2.45, 2.75) is 51.4 Å². The quantitative estimate of drug-likeness (QED) is 0.357. The number of hydrogen-bond donors (Lipinski definition) is 1. The molecule has 0 radical (unpaired) electrons.